The predicted molar refractivity (Wildman–Crippen MR) is 91.7 cm³/mol. The summed E-state index contributed by atoms with van der Waals surface area (Å²) in [6, 6.07) is 15.9. The molecule has 0 aliphatic rings. The lowest BCUT2D eigenvalue weighted by atomic mass is 10.0. The average molecular weight is 305 g/mol. The monoisotopic (exact) mass is 305 g/mol. The van der Waals surface area contributed by atoms with Gasteiger partial charge in [-0.1, -0.05) is 43.3 Å². The van der Waals surface area contributed by atoms with E-state index in [9.17, 15) is 4.79 Å². The third kappa shape index (κ3) is 3.48. The molecule has 1 aromatic carbocycles. The Balaban J connectivity index is 1.70. The maximum Gasteiger partial charge on any atom is 0.244 e. The van der Waals surface area contributed by atoms with Crippen molar-refractivity contribution >= 4 is 17.0 Å². The van der Waals surface area contributed by atoms with Crippen LogP contribution in [0.3, 0.4) is 0 Å². The van der Waals surface area contributed by atoms with Crippen LogP contribution in [0.15, 0.2) is 67.0 Å². The van der Waals surface area contributed by atoms with E-state index in [1.165, 1.54) is 0 Å². The first kappa shape index (κ1) is 15.0. The number of amides is 1. The number of allylic oxidation sites excluding steroid dienone is 1. The van der Waals surface area contributed by atoms with Crippen LogP contribution in [0.25, 0.3) is 11.1 Å². The first-order chi connectivity index (χ1) is 11.3. The quantitative estimate of drug-likeness (QED) is 0.734. The number of imidazole rings is 1. The van der Waals surface area contributed by atoms with Crippen LogP contribution in [0.1, 0.15) is 24.7 Å². The van der Waals surface area contributed by atoms with Crippen molar-refractivity contribution < 1.29 is 4.79 Å². The normalized spacial score (nSPS) is 11.6. The van der Waals surface area contributed by atoms with Gasteiger partial charge in [0.1, 0.15) is 5.82 Å². The van der Waals surface area contributed by atoms with Crippen LogP contribution >= 0.6 is 0 Å². The number of hydrogen-bond acceptors (Lipinski definition) is 2. The van der Waals surface area contributed by atoms with Crippen LogP contribution in [0.2, 0.25) is 0 Å². The molecule has 2 heterocycles. The summed E-state index contributed by atoms with van der Waals surface area (Å²) in [6.45, 7) is 2.45. The van der Waals surface area contributed by atoms with Crippen LogP contribution in [-0.2, 0) is 11.3 Å². The zero-order valence-electron chi connectivity index (χ0n) is 13.1. The van der Waals surface area contributed by atoms with Crippen LogP contribution in [0.5, 0.6) is 0 Å². The van der Waals surface area contributed by atoms with E-state index < -0.39 is 0 Å². The summed E-state index contributed by atoms with van der Waals surface area (Å²) in [6.07, 6.45) is 6.23. The lowest BCUT2D eigenvalue weighted by Crippen LogP contribution is -2.22. The molecule has 0 aliphatic carbocycles. The summed E-state index contributed by atoms with van der Waals surface area (Å²) >= 11 is 0. The fourth-order valence-electron chi connectivity index (χ4n) is 2.55. The number of carbonyl (C=O) groups is 1. The number of carbonyl (C=O) groups excluding carboxylic acids is 1. The smallest absolute Gasteiger partial charge is 0.244 e. The fraction of sp³-hybridized carbons (Fsp3) is 0.158. The highest BCUT2D eigenvalue weighted by Gasteiger charge is 2.06. The molecule has 2 aromatic heterocycles. The molecule has 0 aliphatic heterocycles. The molecule has 0 bridgehead atoms. The molecule has 0 fully saturated rings. The van der Waals surface area contributed by atoms with Crippen LogP contribution in [-0.4, -0.2) is 15.3 Å². The Morgan fingerprint density at radius 2 is 1.96 bits per heavy atom. The molecule has 4 nitrogen and oxygen atoms in total. The number of nitrogens with zero attached hydrogens (tertiary/aromatic N) is 2. The molecule has 0 spiro atoms. The van der Waals surface area contributed by atoms with Crippen molar-refractivity contribution in [3.8, 4) is 0 Å². The second-order valence-corrected chi connectivity index (χ2v) is 5.28. The summed E-state index contributed by atoms with van der Waals surface area (Å²) in [7, 11) is 0. The van der Waals surface area contributed by atoms with Gasteiger partial charge in [-0.05, 0) is 29.7 Å². The van der Waals surface area contributed by atoms with Gasteiger partial charge in [-0.25, -0.2) is 4.98 Å². The van der Waals surface area contributed by atoms with Crippen molar-refractivity contribution in [2.75, 3.05) is 0 Å². The Morgan fingerprint density at radius 1 is 1.17 bits per heavy atom. The standard InChI is InChI=1S/C19H19N3O/c1-2-15(16-8-4-3-5-9-16)12-19(23)21-14-18-20-13-17-10-6-7-11-22(17)18/h3-13H,2,14H2,1H3,(H,21,23)/b15-12+. The molecule has 0 unspecified atom stereocenters. The van der Waals surface area contributed by atoms with Gasteiger partial charge in [-0.2, -0.15) is 0 Å². The summed E-state index contributed by atoms with van der Waals surface area (Å²) < 4.78 is 1.97. The maximum atomic E-state index is 12.2. The van der Waals surface area contributed by atoms with Gasteiger partial charge < -0.3 is 9.72 Å². The molecule has 0 saturated carbocycles. The Hall–Kier alpha value is -2.88. The minimum atomic E-state index is -0.0987. The molecule has 3 aromatic rings. The highest BCUT2D eigenvalue weighted by Crippen LogP contribution is 2.17. The van der Waals surface area contributed by atoms with Crippen molar-refractivity contribution in [1.82, 2.24) is 14.7 Å². The molecular weight excluding hydrogens is 286 g/mol. The molecule has 0 saturated heterocycles. The molecule has 1 amide bonds. The van der Waals surface area contributed by atoms with E-state index >= 15 is 0 Å². The van der Waals surface area contributed by atoms with Gasteiger partial charge in [0.25, 0.3) is 0 Å². The average Bonchev–Trinajstić information content (AvgIpc) is 3.02. The summed E-state index contributed by atoms with van der Waals surface area (Å²) in [4.78, 5) is 16.5. The van der Waals surface area contributed by atoms with Crippen molar-refractivity contribution in [3.05, 3.63) is 78.4 Å². The van der Waals surface area contributed by atoms with Crippen LogP contribution in [0.4, 0.5) is 0 Å². The number of pyridine rings is 1. The Bertz CT molecular complexity index is 834. The summed E-state index contributed by atoms with van der Waals surface area (Å²) in [5.41, 5.74) is 3.12. The van der Waals surface area contributed by atoms with Gasteiger partial charge >= 0.3 is 0 Å². The lowest BCUT2D eigenvalue weighted by molar-refractivity contribution is -0.116. The van der Waals surface area contributed by atoms with Gasteiger partial charge in [0.05, 0.1) is 18.3 Å². The van der Waals surface area contributed by atoms with Crippen molar-refractivity contribution in [1.29, 1.82) is 0 Å². The number of fused-ring (bicyclic) bond motifs is 1. The maximum absolute atomic E-state index is 12.2. The second-order valence-electron chi connectivity index (χ2n) is 5.28. The molecule has 4 heteroatoms. The van der Waals surface area contributed by atoms with Crippen molar-refractivity contribution in [3.63, 3.8) is 0 Å². The molecule has 3 rings (SSSR count). The summed E-state index contributed by atoms with van der Waals surface area (Å²) in [5.74, 6) is 0.721. The van der Waals surface area contributed by atoms with Crippen molar-refractivity contribution in [2.24, 2.45) is 0 Å². The highest BCUT2D eigenvalue weighted by atomic mass is 16.1. The Labute approximate surface area is 135 Å². The SMILES string of the molecule is CC/C(=C\C(=O)NCc1ncc2ccccn12)c1ccccc1. The van der Waals surface area contributed by atoms with E-state index in [1.54, 1.807) is 12.3 Å². The van der Waals surface area contributed by atoms with E-state index in [0.717, 1.165) is 28.9 Å². The molecule has 116 valence electrons. The van der Waals surface area contributed by atoms with Gasteiger partial charge in [0.2, 0.25) is 5.91 Å². The van der Waals surface area contributed by atoms with Crippen LogP contribution < -0.4 is 5.32 Å². The molecular formula is C19H19N3O. The van der Waals surface area contributed by atoms with Gasteiger partial charge in [0, 0.05) is 12.3 Å². The molecule has 23 heavy (non-hydrogen) atoms. The predicted octanol–water partition coefficient (Wildman–Crippen LogP) is 3.44. The first-order valence-electron chi connectivity index (χ1n) is 7.72. The van der Waals surface area contributed by atoms with E-state index in [4.69, 9.17) is 0 Å². The van der Waals surface area contributed by atoms with E-state index in [-0.39, 0.29) is 5.91 Å². The topological polar surface area (TPSA) is 46.4 Å². The molecule has 0 radical (unpaired) electrons. The van der Waals surface area contributed by atoms with E-state index in [1.807, 2.05) is 66.1 Å². The molecule has 1 N–H and O–H groups in total. The lowest BCUT2D eigenvalue weighted by Gasteiger charge is -2.06. The second kappa shape index (κ2) is 6.92. The van der Waals surface area contributed by atoms with Crippen molar-refractivity contribution in [2.45, 2.75) is 19.9 Å². The Kier molecular flexibility index (Phi) is 4.52. The number of hydrogen-bond donors (Lipinski definition) is 1. The minimum Gasteiger partial charge on any atom is -0.345 e. The third-order valence-corrected chi connectivity index (χ3v) is 3.77. The molecule has 0 atom stereocenters. The number of benzene rings is 1. The summed E-state index contributed by atoms with van der Waals surface area (Å²) in [5, 5.41) is 2.91. The number of aromatic nitrogens is 2. The van der Waals surface area contributed by atoms with Gasteiger partial charge in [-0.15, -0.1) is 0 Å². The minimum absolute atomic E-state index is 0.0987. The highest BCUT2D eigenvalue weighted by molar-refractivity contribution is 5.95. The van der Waals surface area contributed by atoms with Gasteiger partial charge in [0.15, 0.2) is 0 Å². The zero-order valence-corrected chi connectivity index (χ0v) is 13.1. The van der Waals surface area contributed by atoms with E-state index in [2.05, 4.69) is 10.3 Å². The number of nitrogens with one attached hydrogen (secondary N) is 1. The van der Waals surface area contributed by atoms with Crippen LogP contribution in [0, 0.1) is 0 Å². The zero-order chi connectivity index (χ0) is 16.1. The Morgan fingerprint density at radius 3 is 2.74 bits per heavy atom. The fourth-order valence-corrected chi connectivity index (χ4v) is 2.55. The third-order valence-electron chi connectivity index (χ3n) is 3.77. The first-order valence-corrected chi connectivity index (χ1v) is 7.72. The largest absolute Gasteiger partial charge is 0.345 e. The van der Waals surface area contributed by atoms with E-state index in [0.29, 0.717) is 6.54 Å². The number of rotatable bonds is 5. The van der Waals surface area contributed by atoms with Gasteiger partial charge in [-0.3, -0.25) is 4.79 Å².